The molecule has 1 aromatic carbocycles. The van der Waals surface area contributed by atoms with Crippen molar-refractivity contribution >= 4 is 0 Å². The average Bonchev–Trinajstić information content (AvgIpc) is 2.35. The maximum atomic E-state index is 6.13. The van der Waals surface area contributed by atoms with Crippen molar-refractivity contribution in [3.05, 3.63) is 35.9 Å². The Balaban J connectivity index is 2.24. The van der Waals surface area contributed by atoms with E-state index in [2.05, 4.69) is 38.1 Å². The first-order chi connectivity index (χ1) is 8.03. The van der Waals surface area contributed by atoms with E-state index >= 15 is 0 Å². The summed E-state index contributed by atoms with van der Waals surface area (Å²) in [5, 5.41) is 0. The molecular formula is C15H25NO. The van der Waals surface area contributed by atoms with Crippen LogP contribution in [0.5, 0.6) is 0 Å². The van der Waals surface area contributed by atoms with Crippen LogP contribution in [0.3, 0.4) is 0 Å². The first kappa shape index (κ1) is 14.2. The summed E-state index contributed by atoms with van der Waals surface area (Å²) >= 11 is 0. The largest absolute Gasteiger partial charge is 0.379 e. The maximum Gasteiger partial charge on any atom is 0.0623 e. The van der Waals surface area contributed by atoms with Gasteiger partial charge in [0.15, 0.2) is 0 Å². The van der Waals surface area contributed by atoms with Gasteiger partial charge in [0.1, 0.15) is 0 Å². The van der Waals surface area contributed by atoms with Gasteiger partial charge in [-0.2, -0.15) is 0 Å². The summed E-state index contributed by atoms with van der Waals surface area (Å²) in [6, 6.07) is 10.8. The molecule has 0 aliphatic rings. The van der Waals surface area contributed by atoms with Crippen molar-refractivity contribution in [2.24, 2.45) is 5.73 Å². The maximum absolute atomic E-state index is 6.13. The van der Waals surface area contributed by atoms with Crippen LogP contribution >= 0.6 is 0 Å². The molecule has 1 aromatic rings. The van der Waals surface area contributed by atoms with Gasteiger partial charge in [0, 0.05) is 13.2 Å². The monoisotopic (exact) mass is 235 g/mol. The van der Waals surface area contributed by atoms with Crippen LogP contribution < -0.4 is 5.73 Å². The molecule has 0 saturated carbocycles. The molecule has 0 aromatic heterocycles. The van der Waals surface area contributed by atoms with E-state index in [4.69, 9.17) is 10.5 Å². The molecule has 1 unspecified atom stereocenters. The third-order valence-electron chi connectivity index (χ3n) is 3.32. The van der Waals surface area contributed by atoms with Gasteiger partial charge in [-0.15, -0.1) is 0 Å². The highest BCUT2D eigenvalue weighted by atomic mass is 16.5. The highest BCUT2D eigenvalue weighted by molar-refractivity contribution is 5.14. The van der Waals surface area contributed by atoms with E-state index < -0.39 is 0 Å². The second-order valence-corrected chi connectivity index (χ2v) is 5.29. The zero-order valence-corrected chi connectivity index (χ0v) is 11.3. The van der Waals surface area contributed by atoms with E-state index in [0.717, 1.165) is 25.7 Å². The van der Waals surface area contributed by atoms with Crippen molar-refractivity contribution in [2.45, 2.75) is 51.2 Å². The lowest BCUT2D eigenvalue weighted by Gasteiger charge is -2.24. The number of ether oxygens (including phenoxy) is 1. The molecule has 0 fully saturated rings. The van der Waals surface area contributed by atoms with Crippen LogP contribution in [-0.2, 0) is 11.2 Å². The molecule has 1 atom stereocenters. The van der Waals surface area contributed by atoms with Crippen LogP contribution in [0.4, 0.5) is 0 Å². The summed E-state index contributed by atoms with van der Waals surface area (Å²) in [7, 11) is 1.76. The van der Waals surface area contributed by atoms with Crippen LogP contribution in [0.25, 0.3) is 0 Å². The molecule has 0 bridgehead atoms. The Bertz CT molecular complexity index is 308. The minimum atomic E-state index is -0.0512. The third-order valence-corrected chi connectivity index (χ3v) is 3.32. The van der Waals surface area contributed by atoms with Gasteiger partial charge in [-0.25, -0.2) is 0 Å². The first-order valence-corrected chi connectivity index (χ1v) is 6.38. The second kappa shape index (κ2) is 6.77. The number of rotatable bonds is 7. The number of benzene rings is 1. The van der Waals surface area contributed by atoms with Crippen molar-refractivity contribution in [3.8, 4) is 0 Å². The third kappa shape index (κ3) is 5.85. The fourth-order valence-electron chi connectivity index (χ4n) is 1.78. The van der Waals surface area contributed by atoms with Crippen LogP contribution in [0.1, 0.15) is 38.7 Å². The Morgan fingerprint density at radius 1 is 1.18 bits per heavy atom. The molecule has 2 heteroatoms. The van der Waals surface area contributed by atoms with E-state index in [-0.39, 0.29) is 11.6 Å². The Kier molecular flexibility index (Phi) is 5.66. The molecule has 0 radical (unpaired) electrons. The van der Waals surface area contributed by atoms with Crippen LogP contribution in [0, 0.1) is 0 Å². The molecule has 2 nitrogen and oxygen atoms in total. The molecule has 0 saturated heterocycles. The Morgan fingerprint density at radius 3 is 2.41 bits per heavy atom. The van der Waals surface area contributed by atoms with Gasteiger partial charge < -0.3 is 10.5 Å². The molecule has 0 aliphatic heterocycles. The summed E-state index contributed by atoms with van der Waals surface area (Å²) in [5.74, 6) is 0. The van der Waals surface area contributed by atoms with Gasteiger partial charge in [-0.05, 0) is 45.1 Å². The predicted octanol–water partition coefficient (Wildman–Crippen LogP) is 3.15. The van der Waals surface area contributed by atoms with Crippen molar-refractivity contribution in [2.75, 3.05) is 7.11 Å². The quantitative estimate of drug-likeness (QED) is 0.788. The lowest BCUT2D eigenvalue weighted by molar-refractivity contribution is 0.0124. The highest BCUT2D eigenvalue weighted by Gasteiger charge is 2.17. The minimum Gasteiger partial charge on any atom is -0.379 e. The second-order valence-electron chi connectivity index (χ2n) is 5.29. The molecule has 0 spiro atoms. The Labute approximate surface area is 105 Å². The number of nitrogens with two attached hydrogens (primary N) is 1. The van der Waals surface area contributed by atoms with E-state index in [1.54, 1.807) is 7.11 Å². The summed E-state index contributed by atoms with van der Waals surface area (Å²) in [6.45, 7) is 4.22. The molecule has 96 valence electrons. The summed E-state index contributed by atoms with van der Waals surface area (Å²) < 4.78 is 5.40. The van der Waals surface area contributed by atoms with Crippen LogP contribution in [0.2, 0.25) is 0 Å². The van der Waals surface area contributed by atoms with E-state index in [1.807, 2.05) is 6.07 Å². The summed E-state index contributed by atoms with van der Waals surface area (Å²) in [6.07, 6.45) is 4.15. The van der Waals surface area contributed by atoms with Gasteiger partial charge in [0.25, 0.3) is 0 Å². The first-order valence-electron chi connectivity index (χ1n) is 6.38. The van der Waals surface area contributed by atoms with Gasteiger partial charge >= 0.3 is 0 Å². The molecule has 1 rings (SSSR count). The van der Waals surface area contributed by atoms with Gasteiger partial charge in [0.2, 0.25) is 0 Å². The zero-order valence-electron chi connectivity index (χ0n) is 11.3. The lowest BCUT2D eigenvalue weighted by Crippen LogP contribution is -2.28. The molecule has 17 heavy (non-hydrogen) atoms. The molecule has 0 aliphatic carbocycles. The van der Waals surface area contributed by atoms with E-state index in [0.29, 0.717) is 0 Å². The number of aryl methyl sites for hydroxylation is 1. The smallest absolute Gasteiger partial charge is 0.0623 e. The fraction of sp³-hybridized carbons (Fsp3) is 0.600. The van der Waals surface area contributed by atoms with Crippen molar-refractivity contribution in [3.63, 3.8) is 0 Å². The van der Waals surface area contributed by atoms with Crippen molar-refractivity contribution in [1.29, 1.82) is 0 Å². The Hall–Kier alpha value is -0.860. The van der Waals surface area contributed by atoms with Gasteiger partial charge in [0.05, 0.1) is 5.60 Å². The summed E-state index contributed by atoms with van der Waals surface area (Å²) in [5.41, 5.74) is 7.45. The van der Waals surface area contributed by atoms with Crippen molar-refractivity contribution < 1.29 is 4.74 Å². The molecule has 0 amide bonds. The Morgan fingerprint density at radius 2 is 1.82 bits per heavy atom. The van der Waals surface area contributed by atoms with Crippen molar-refractivity contribution in [1.82, 2.24) is 0 Å². The highest BCUT2D eigenvalue weighted by Crippen LogP contribution is 2.17. The lowest BCUT2D eigenvalue weighted by atomic mass is 9.96. The van der Waals surface area contributed by atoms with Crippen LogP contribution in [-0.4, -0.2) is 18.8 Å². The number of hydrogen-bond donors (Lipinski definition) is 1. The minimum absolute atomic E-state index is 0.0512. The summed E-state index contributed by atoms with van der Waals surface area (Å²) in [4.78, 5) is 0. The van der Waals surface area contributed by atoms with E-state index in [1.165, 1.54) is 5.56 Å². The zero-order chi connectivity index (χ0) is 12.7. The molecule has 2 N–H and O–H groups in total. The fourth-order valence-corrected chi connectivity index (χ4v) is 1.78. The normalized spacial score (nSPS) is 13.6. The van der Waals surface area contributed by atoms with E-state index in [9.17, 15) is 0 Å². The number of methoxy groups -OCH3 is 1. The molecule has 0 heterocycles. The van der Waals surface area contributed by atoms with Gasteiger partial charge in [-0.3, -0.25) is 0 Å². The SMILES string of the molecule is COC(C)(C)CCC(N)CCc1ccccc1. The molecular weight excluding hydrogens is 210 g/mol. The van der Waals surface area contributed by atoms with Crippen LogP contribution in [0.15, 0.2) is 30.3 Å². The predicted molar refractivity (Wildman–Crippen MR) is 73.1 cm³/mol. The topological polar surface area (TPSA) is 35.2 Å². The standard InChI is InChI=1S/C15H25NO/c1-15(2,17-3)12-11-14(16)10-9-13-7-5-4-6-8-13/h4-8,14H,9-12,16H2,1-3H3. The van der Waals surface area contributed by atoms with Gasteiger partial charge in [-0.1, -0.05) is 30.3 Å². The average molecular weight is 235 g/mol. The number of hydrogen-bond acceptors (Lipinski definition) is 2.